The van der Waals surface area contributed by atoms with Gasteiger partial charge in [0.25, 0.3) is 0 Å². The van der Waals surface area contributed by atoms with E-state index in [1.54, 1.807) is 0 Å². The number of benzene rings is 1. The van der Waals surface area contributed by atoms with E-state index in [-0.39, 0.29) is 18.0 Å². The minimum Gasteiger partial charge on any atom is -0.299 e. The minimum absolute atomic E-state index is 0.108. The average molecular weight is 328 g/mol. The summed E-state index contributed by atoms with van der Waals surface area (Å²) in [6.07, 6.45) is -1.49. The van der Waals surface area contributed by atoms with Crippen LogP contribution in [-0.2, 0) is 12.7 Å². The number of nitrogens with one attached hydrogen (secondary N) is 1. The minimum atomic E-state index is -4.55. The molecule has 0 saturated carbocycles. The summed E-state index contributed by atoms with van der Waals surface area (Å²) in [7, 11) is 0. The first-order chi connectivity index (χ1) is 10.9. The lowest BCUT2D eigenvalue weighted by atomic mass is 9.95. The molecule has 8 heteroatoms. The molecule has 0 amide bonds. The van der Waals surface area contributed by atoms with Crippen LogP contribution in [0, 0.1) is 5.82 Å². The quantitative estimate of drug-likeness (QED) is 0.879. The molecule has 1 saturated heterocycles. The van der Waals surface area contributed by atoms with E-state index < -0.39 is 17.6 Å². The number of hydrogen-bond donors (Lipinski definition) is 1. The summed E-state index contributed by atoms with van der Waals surface area (Å²) in [6, 6.07) is 2.86. The molecule has 124 valence electrons. The molecular weight excluding hydrogens is 312 g/mol. The molecule has 0 unspecified atom stereocenters. The second kappa shape index (κ2) is 6.27. The van der Waals surface area contributed by atoms with Crippen molar-refractivity contribution >= 4 is 0 Å². The number of alkyl halides is 3. The number of aromatic nitrogens is 3. The zero-order valence-corrected chi connectivity index (χ0v) is 12.3. The van der Waals surface area contributed by atoms with Crippen molar-refractivity contribution in [1.29, 1.82) is 0 Å². The van der Waals surface area contributed by atoms with Gasteiger partial charge in [-0.25, -0.2) is 9.37 Å². The van der Waals surface area contributed by atoms with Crippen LogP contribution in [0.25, 0.3) is 0 Å². The first-order valence-corrected chi connectivity index (χ1v) is 7.36. The summed E-state index contributed by atoms with van der Waals surface area (Å²) in [5.74, 6) is 0.205. The summed E-state index contributed by atoms with van der Waals surface area (Å²) >= 11 is 0. The number of halogens is 4. The third-order valence-corrected chi connectivity index (χ3v) is 4.18. The number of aromatic amines is 1. The van der Waals surface area contributed by atoms with Gasteiger partial charge in [0.1, 0.15) is 18.0 Å². The molecule has 2 heterocycles. The molecule has 0 spiro atoms. The third kappa shape index (κ3) is 3.69. The molecule has 1 aliphatic rings. The first-order valence-electron chi connectivity index (χ1n) is 7.36. The SMILES string of the molecule is Fc1ccc(CN2CCC(c3ncn[nH]3)CC2)c(C(F)(F)F)c1. The van der Waals surface area contributed by atoms with Crippen LogP contribution in [0.2, 0.25) is 0 Å². The molecule has 0 atom stereocenters. The zero-order chi connectivity index (χ0) is 16.4. The fourth-order valence-electron chi connectivity index (χ4n) is 2.97. The number of likely N-dealkylation sites (tertiary alicyclic amines) is 1. The maximum Gasteiger partial charge on any atom is 0.416 e. The number of nitrogens with zero attached hydrogens (tertiary/aromatic N) is 3. The zero-order valence-electron chi connectivity index (χ0n) is 12.3. The van der Waals surface area contributed by atoms with Crippen LogP contribution >= 0.6 is 0 Å². The molecule has 23 heavy (non-hydrogen) atoms. The number of H-pyrrole nitrogens is 1. The maximum atomic E-state index is 13.1. The highest BCUT2D eigenvalue weighted by molar-refractivity contribution is 5.30. The van der Waals surface area contributed by atoms with E-state index in [0.717, 1.165) is 24.7 Å². The Morgan fingerprint density at radius 1 is 1.22 bits per heavy atom. The smallest absolute Gasteiger partial charge is 0.299 e. The van der Waals surface area contributed by atoms with Crippen molar-refractivity contribution in [3.05, 3.63) is 47.3 Å². The lowest BCUT2D eigenvalue weighted by Crippen LogP contribution is -2.33. The van der Waals surface area contributed by atoms with Crippen LogP contribution in [0.3, 0.4) is 0 Å². The average Bonchev–Trinajstić information content (AvgIpc) is 3.03. The fourth-order valence-corrected chi connectivity index (χ4v) is 2.97. The highest BCUT2D eigenvalue weighted by Crippen LogP contribution is 2.34. The predicted molar refractivity (Wildman–Crippen MR) is 75.0 cm³/mol. The monoisotopic (exact) mass is 328 g/mol. The van der Waals surface area contributed by atoms with Crippen molar-refractivity contribution in [3.8, 4) is 0 Å². The largest absolute Gasteiger partial charge is 0.416 e. The van der Waals surface area contributed by atoms with Gasteiger partial charge < -0.3 is 0 Å². The van der Waals surface area contributed by atoms with Gasteiger partial charge in [-0.3, -0.25) is 10.00 Å². The van der Waals surface area contributed by atoms with E-state index in [2.05, 4.69) is 15.2 Å². The Hall–Kier alpha value is -1.96. The number of piperidine rings is 1. The first kappa shape index (κ1) is 15.9. The number of rotatable bonds is 3. The van der Waals surface area contributed by atoms with E-state index in [9.17, 15) is 17.6 Å². The second-order valence-corrected chi connectivity index (χ2v) is 5.72. The predicted octanol–water partition coefficient (Wildman–Crippen LogP) is 3.34. The molecule has 1 aromatic heterocycles. The Labute approximate surface area is 130 Å². The van der Waals surface area contributed by atoms with E-state index in [4.69, 9.17) is 0 Å². The van der Waals surface area contributed by atoms with Gasteiger partial charge in [-0.15, -0.1) is 0 Å². The molecule has 0 aliphatic carbocycles. The summed E-state index contributed by atoms with van der Waals surface area (Å²) in [6.45, 7) is 1.50. The lowest BCUT2D eigenvalue weighted by Gasteiger charge is -2.31. The highest BCUT2D eigenvalue weighted by atomic mass is 19.4. The molecule has 4 nitrogen and oxygen atoms in total. The van der Waals surface area contributed by atoms with Crippen molar-refractivity contribution < 1.29 is 17.6 Å². The molecule has 1 fully saturated rings. The topological polar surface area (TPSA) is 44.8 Å². The van der Waals surface area contributed by atoms with Crippen LogP contribution < -0.4 is 0 Å². The molecule has 0 radical (unpaired) electrons. The maximum absolute atomic E-state index is 13.1. The van der Waals surface area contributed by atoms with Crippen LogP contribution in [0.5, 0.6) is 0 Å². The Bertz CT molecular complexity index is 646. The van der Waals surface area contributed by atoms with E-state index in [1.165, 1.54) is 12.4 Å². The molecule has 2 aromatic rings. The van der Waals surface area contributed by atoms with Gasteiger partial charge in [-0.1, -0.05) is 6.07 Å². The van der Waals surface area contributed by atoms with E-state index in [0.29, 0.717) is 19.2 Å². The van der Waals surface area contributed by atoms with Crippen molar-refractivity contribution in [1.82, 2.24) is 20.1 Å². The van der Waals surface area contributed by atoms with Crippen LogP contribution in [0.4, 0.5) is 17.6 Å². The van der Waals surface area contributed by atoms with Gasteiger partial charge in [-0.2, -0.15) is 18.3 Å². The molecule has 1 N–H and O–H groups in total. The summed E-state index contributed by atoms with van der Waals surface area (Å²) in [4.78, 5) is 6.08. The van der Waals surface area contributed by atoms with Gasteiger partial charge in [0.15, 0.2) is 0 Å². The van der Waals surface area contributed by atoms with Gasteiger partial charge in [0.2, 0.25) is 0 Å². The van der Waals surface area contributed by atoms with Crippen molar-refractivity contribution in [3.63, 3.8) is 0 Å². The normalized spacial score (nSPS) is 17.6. The standard InChI is InChI=1S/C15H16F4N4/c16-12-2-1-11(13(7-12)15(17,18)19)8-23-5-3-10(4-6-23)14-20-9-21-22-14/h1-2,7,9-10H,3-6,8H2,(H,20,21,22). The van der Waals surface area contributed by atoms with Crippen LogP contribution in [0.15, 0.2) is 24.5 Å². The van der Waals surface area contributed by atoms with E-state index >= 15 is 0 Å². The van der Waals surface area contributed by atoms with E-state index in [1.807, 2.05) is 4.90 Å². The molecular formula is C15H16F4N4. The van der Waals surface area contributed by atoms with Crippen LogP contribution in [-0.4, -0.2) is 33.2 Å². The molecule has 1 aromatic carbocycles. The Kier molecular flexibility index (Phi) is 4.34. The third-order valence-electron chi connectivity index (χ3n) is 4.18. The van der Waals surface area contributed by atoms with Gasteiger partial charge >= 0.3 is 6.18 Å². The summed E-state index contributed by atoms with van der Waals surface area (Å²) in [5, 5.41) is 6.66. The van der Waals surface area contributed by atoms with Crippen molar-refractivity contribution in [2.45, 2.75) is 31.5 Å². The molecule has 3 rings (SSSR count). The lowest BCUT2D eigenvalue weighted by molar-refractivity contribution is -0.138. The Balaban J connectivity index is 1.67. The second-order valence-electron chi connectivity index (χ2n) is 5.72. The van der Waals surface area contributed by atoms with Gasteiger partial charge in [-0.05, 0) is 43.6 Å². The fraction of sp³-hybridized carbons (Fsp3) is 0.467. The summed E-state index contributed by atoms with van der Waals surface area (Å²) in [5.41, 5.74) is -0.785. The van der Waals surface area contributed by atoms with Crippen molar-refractivity contribution in [2.75, 3.05) is 13.1 Å². The van der Waals surface area contributed by atoms with Gasteiger partial charge in [0.05, 0.1) is 5.56 Å². The van der Waals surface area contributed by atoms with Crippen molar-refractivity contribution in [2.24, 2.45) is 0 Å². The Morgan fingerprint density at radius 3 is 2.57 bits per heavy atom. The highest BCUT2D eigenvalue weighted by Gasteiger charge is 2.34. The Morgan fingerprint density at radius 2 is 1.96 bits per heavy atom. The summed E-state index contributed by atoms with van der Waals surface area (Å²) < 4.78 is 52.2. The van der Waals surface area contributed by atoms with Gasteiger partial charge in [0, 0.05) is 12.5 Å². The molecule has 1 aliphatic heterocycles. The number of hydrogen-bond acceptors (Lipinski definition) is 3. The molecule has 0 bridgehead atoms. The van der Waals surface area contributed by atoms with Crippen LogP contribution in [0.1, 0.15) is 35.7 Å².